The van der Waals surface area contributed by atoms with Crippen LogP contribution in [-0.4, -0.2) is 50.3 Å². The summed E-state index contributed by atoms with van der Waals surface area (Å²) in [4.78, 5) is 24.1. The number of anilines is 2. The number of carbonyl (C=O) groups is 2. The fraction of sp³-hybridized carbons (Fsp3) is 0.333. The molecule has 4 rings (SSSR count). The summed E-state index contributed by atoms with van der Waals surface area (Å²) in [7, 11) is -3.89. The van der Waals surface area contributed by atoms with Crippen molar-refractivity contribution < 1.29 is 27.5 Å². The van der Waals surface area contributed by atoms with Gasteiger partial charge < -0.3 is 20.1 Å². The van der Waals surface area contributed by atoms with Crippen molar-refractivity contribution in [2.75, 3.05) is 30.4 Å². The predicted octanol–water partition coefficient (Wildman–Crippen LogP) is 2.21. The average molecular weight is 445 g/mol. The van der Waals surface area contributed by atoms with Gasteiger partial charge in [0, 0.05) is 30.9 Å². The monoisotopic (exact) mass is 445 g/mol. The number of rotatable bonds is 5. The van der Waals surface area contributed by atoms with Crippen LogP contribution in [0.2, 0.25) is 0 Å². The van der Waals surface area contributed by atoms with E-state index in [-0.39, 0.29) is 17.3 Å². The first-order chi connectivity index (χ1) is 14.8. The van der Waals surface area contributed by atoms with E-state index in [0.717, 1.165) is 0 Å². The molecule has 0 bridgehead atoms. The quantitative estimate of drug-likeness (QED) is 0.729. The molecule has 10 heteroatoms. The molecule has 2 aromatic carbocycles. The van der Waals surface area contributed by atoms with Crippen LogP contribution in [0, 0.1) is 0 Å². The molecule has 0 aromatic heterocycles. The summed E-state index contributed by atoms with van der Waals surface area (Å²) in [6.07, 6.45) is 1.02. The lowest BCUT2D eigenvalue weighted by atomic mass is 10.2. The van der Waals surface area contributed by atoms with Crippen LogP contribution in [0.5, 0.6) is 11.5 Å². The van der Waals surface area contributed by atoms with Crippen molar-refractivity contribution in [3.05, 3.63) is 42.5 Å². The minimum Gasteiger partial charge on any atom is -0.486 e. The first kappa shape index (κ1) is 21.1. The second-order valence-electron chi connectivity index (χ2n) is 7.33. The summed E-state index contributed by atoms with van der Waals surface area (Å²) >= 11 is 0. The SMILES string of the molecule is CC(=O)Nc1ccc(NC(=O)C2CCCN2S(=O)(=O)c2ccc3c(c2)OCCO3)cc1. The number of carbonyl (C=O) groups excluding carboxylic acids is 2. The Morgan fingerprint density at radius 2 is 1.61 bits per heavy atom. The van der Waals surface area contributed by atoms with Crippen molar-refractivity contribution in [3.63, 3.8) is 0 Å². The Bertz CT molecular complexity index is 1100. The van der Waals surface area contributed by atoms with Crippen molar-refractivity contribution in [2.24, 2.45) is 0 Å². The van der Waals surface area contributed by atoms with E-state index in [1.165, 1.54) is 23.4 Å². The van der Waals surface area contributed by atoms with E-state index < -0.39 is 22.0 Å². The molecule has 164 valence electrons. The fourth-order valence-electron chi connectivity index (χ4n) is 3.68. The molecular weight excluding hydrogens is 422 g/mol. The van der Waals surface area contributed by atoms with Crippen LogP contribution in [0.15, 0.2) is 47.4 Å². The van der Waals surface area contributed by atoms with Crippen LogP contribution in [-0.2, 0) is 19.6 Å². The van der Waals surface area contributed by atoms with Crippen LogP contribution in [0.25, 0.3) is 0 Å². The van der Waals surface area contributed by atoms with Gasteiger partial charge in [-0.1, -0.05) is 0 Å². The molecule has 31 heavy (non-hydrogen) atoms. The van der Waals surface area contributed by atoms with Gasteiger partial charge in [0.2, 0.25) is 21.8 Å². The number of sulfonamides is 1. The fourth-order valence-corrected chi connectivity index (χ4v) is 5.35. The largest absolute Gasteiger partial charge is 0.486 e. The Morgan fingerprint density at radius 3 is 2.29 bits per heavy atom. The van der Waals surface area contributed by atoms with E-state index in [9.17, 15) is 18.0 Å². The standard InChI is InChI=1S/C21H23N3O6S/c1-14(25)22-15-4-6-16(7-5-15)23-21(26)18-3-2-10-24(18)31(27,28)17-8-9-19-20(13-17)30-12-11-29-19/h4-9,13,18H,2-3,10-12H2,1H3,(H,22,25)(H,23,26). The van der Waals surface area contributed by atoms with Gasteiger partial charge in [-0.15, -0.1) is 0 Å². The second-order valence-corrected chi connectivity index (χ2v) is 9.22. The molecule has 0 radical (unpaired) electrons. The number of hydrogen-bond donors (Lipinski definition) is 2. The lowest BCUT2D eigenvalue weighted by molar-refractivity contribution is -0.119. The number of nitrogens with one attached hydrogen (secondary N) is 2. The molecule has 2 amide bonds. The lowest BCUT2D eigenvalue weighted by Gasteiger charge is -2.24. The van der Waals surface area contributed by atoms with Gasteiger partial charge in [-0.25, -0.2) is 8.42 Å². The second kappa shape index (κ2) is 8.56. The smallest absolute Gasteiger partial charge is 0.243 e. The molecule has 2 heterocycles. The third-order valence-electron chi connectivity index (χ3n) is 5.10. The Morgan fingerprint density at radius 1 is 0.968 bits per heavy atom. The highest BCUT2D eigenvalue weighted by Crippen LogP contribution is 2.35. The maximum absolute atomic E-state index is 13.2. The Kier molecular flexibility index (Phi) is 5.84. The number of fused-ring (bicyclic) bond motifs is 1. The average Bonchev–Trinajstić information content (AvgIpc) is 3.25. The summed E-state index contributed by atoms with van der Waals surface area (Å²) < 4.78 is 38.7. The molecule has 0 aliphatic carbocycles. The van der Waals surface area contributed by atoms with E-state index in [0.29, 0.717) is 48.9 Å². The van der Waals surface area contributed by atoms with Crippen molar-refractivity contribution in [3.8, 4) is 11.5 Å². The van der Waals surface area contributed by atoms with E-state index >= 15 is 0 Å². The molecule has 0 spiro atoms. The van der Waals surface area contributed by atoms with Crippen LogP contribution < -0.4 is 20.1 Å². The topological polar surface area (TPSA) is 114 Å². The molecule has 9 nitrogen and oxygen atoms in total. The van der Waals surface area contributed by atoms with E-state index in [1.54, 1.807) is 30.3 Å². The summed E-state index contributed by atoms with van der Waals surface area (Å²) in [5, 5.41) is 5.41. The zero-order valence-corrected chi connectivity index (χ0v) is 17.8. The van der Waals surface area contributed by atoms with Gasteiger partial charge in [0.25, 0.3) is 0 Å². The van der Waals surface area contributed by atoms with Gasteiger partial charge >= 0.3 is 0 Å². The van der Waals surface area contributed by atoms with Crippen molar-refractivity contribution in [1.29, 1.82) is 0 Å². The maximum atomic E-state index is 13.2. The van der Waals surface area contributed by atoms with E-state index in [4.69, 9.17) is 9.47 Å². The summed E-state index contributed by atoms with van der Waals surface area (Å²) in [5.74, 6) is 0.295. The highest BCUT2D eigenvalue weighted by molar-refractivity contribution is 7.89. The van der Waals surface area contributed by atoms with Crippen molar-refractivity contribution in [1.82, 2.24) is 4.31 Å². The third kappa shape index (κ3) is 4.49. The normalized spacial score (nSPS) is 18.4. The first-order valence-electron chi connectivity index (χ1n) is 9.94. The number of hydrogen-bond acceptors (Lipinski definition) is 6. The van der Waals surface area contributed by atoms with Gasteiger partial charge in [0.15, 0.2) is 11.5 Å². The van der Waals surface area contributed by atoms with Crippen molar-refractivity contribution in [2.45, 2.75) is 30.7 Å². The molecule has 2 aliphatic rings. The van der Waals surface area contributed by atoms with Gasteiger partial charge in [0.05, 0.1) is 4.90 Å². The number of benzene rings is 2. The Labute approximate surface area is 180 Å². The van der Waals surface area contributed by atoms with Gasteiger partial charge in [0.1, 0.15) is 19.3 Å². The van der Waals surface area contributed by atoms with Crippen LogP contribution in [0.1, 0.15) is 19.8 Å². The van der Waals surface area contributed by atoms with Crippen LogP contribution in [0.3, 0.4) is 0 Å². The third-order valence-corrected chi connectivity index (χ3v) is 7.00. The van der Waals surface area contributed by atoms with E-state index in [1.807, 2.05) is 0 Å². The molecule has 1 fully saturated rings. The Hall–Kier alpha value is -3.11. The molecular formula is C21H23N3O6S. The molecule has 1 saturated heterocycles. The lowest BCUT2D eigenvalue weighted by Crippen LogP contribution is -2.43. The van der Waals surface area contributed by atoms with Gasteiger partial charge in [-0.05, 0) is 49.2 Å². The number of ether oxygens (including phenoxy) is 2. The summed E-state index contributed by atoms with van der Waals surface area (Å²) in [5.41, 5.74) is 1.12. The number of amides is 2. The highest BCUT2D eigenvalue weighted by Gasteiger charge is 2.39. The molecule has 1 unspecified atom stereocenters. The van der Waals surface area contributed by atoms with Crippen LogP contribution in [0.4, 0.5) is 11.4 Å². The van der Waals surface area contributed by atoms with E-state index in [2.05, 4.69) is 10.6 Å². The molecule has 2 N–H and O–H groups in total. The minimum absolute atomic E-state index is 0.0658. The van der Waals surface area contributed by atoms with Gasteiger partial charge in [-0.2, -0.15) is 4.31 Å². The van der Waals surface area contributed by atoms with Crippen molar-refractivity contribution >= 4 is 33.2 Å². The zero-order chi connectivity index (χ0) is 22.0. The first-order valence-corrected chi connectivity index (χ1v) is 11.4. The molecule has 2 aliphatic heterocycles. The summed E-state index contributed by atoms with van der Waals surface area (Å²) in [6.45, 7) is 2.44. The Balaban J connectivity index is 1.50. The minimum atomic E-state index is -3.89. The van der Waals surface area contributed by atoms with Gasteiger partial charge in [-0.3, -0.25) is 9.59 Å². The predicted molar refractivity (Wildman–Crippen MR) is 114 cm³/mol. The number of nitrogens with zero attached hydrogens (tertiary/aromatic N) is 1. The molecule has 0 saturated carbocycles. The highest BCUT2D eigenvalue weighted by atomic mass is 32.2. The molecule has 2 aromatic rings. The zero-order valence-electron chi connectivity index (χ0n) is 17.0. The molecule has 1 atom stereocenters. The van der Waals surface area contributed by atoms with Crippen LogP contribution >= 0.6 is 0 Å². The summed E-state index contributed by atoms with van der Waals surface area (Å²) in [6, 6.07) is 10.3. The maximum Gasteiger partial charge on any atom is 0.243 e.